The lowest BCUT2D eigenvalue weighted by atomic mass is 9.77. The molecule has 2 unspecified atom stereocenters. The molecule has 0 aliphatic carbocycles. The lowest BCUT2D eigenvalue weighted by molar-refractivity contribution is 0.271. The van der Waals surface area contributed by atoms with Crippen LogP contribution in [0, 0.1) is 5.92 Å². The first kappa shape index (κ1) is 34.1. The number of hydrogen-bond acceptors (Lipinski definition) is 0. The molecule has 0 amide bonds. The van der Waals surface area contributed by atoms with Gasteiger partial charge in [0.15, 0.2) is 0 Å². The fourth-order valence-electron chi connectivity index (χ4n) is 5.18. The predicted molar refractivity (Wildman–Crippen MR) is 155 cm³/mol. The molecule has 0 spiro atoms. The van der Waals surface area contributed by atoms with Crippen molar-refractivity contribution in [2.24, 2.45) is 5.92 Å². The summed E-state index contributed by atoms with van der Waals surface area (Å²) in [7, 11) is 3.44. The van der Waals surface area contributed by atoms with E-state index in [4.69, 9.17) is 0 Å². The van der Waals surface area contributed by atoms with E-state index in [1.807, 2.05) is 0 Å². The van der Waals surface area contributed by atoms with Crippen LogP contribution >= 0.6 is 26.2 Å². The largest absolute Gasteiger partial charge is 0.131 e. The highest BCUT2D eigenvalue weighted by atomic mass is 79.9. The Morgan fingerprint density at radius 1 is 0.452 bits per heavy atom. The van der Waals surface area contributed by atoms with Crippen LogP contribution in [0.1, 0.15) is 175 Å². The molecular formula is C29H62BrP. The molecule has 0 aromatic rings. The molecule has 0 rings (SSSR count). The summed E-state index contributed by atoms with van der Waals surface area (Å²) in [6, 6.07) is 0. The van der Waals surface area contributed by atoms with Gasteiger partial charge < -0.3 is 0 Å². The molecule has 2 atom stereocenters. The molecule has 0 saturated carbocycles. The Kier molecular flexibility index (Phi) is 28.1. The van der Waals surface area contributed by atoms with Gasteiger partial charge >= 0.3 is 0 Å². The maximum atomic E-state index is 3.44. The molecule has 0 aliphatic heterocycles. The molecule has 0 aromatic carbocycles. The molecule has 0 fully saturated rings. The fraction of sp³-hybridized carbons (Fsp3) is 1.00. The van der Waals surface area contributed by atoms with E-state index in [9.17, 15) is 0 Å². The van der Waals surface area contributed by atoms with E-state index >= 15 is 0 Å². The zero-order valence-electron chi connectivity index (χ0n) is 22.3. The lowest BCUT2D eigenvalue weighted by Crippen LogP contribution is -2.32. The summed E-state index contributed by atoms with van der Waals surface area (Å²) in [5.41, 5.74) is 0. The zero-order chi connectivity index (χ0) is 22.3. The summed E-state index contributed by atoms with van der Waals surface area (Å²) in [5, 5.41) is 0.525. The molecule has 2 heteroatoms. The monoisotopic (exact) mass is 520 g/mol. The SMILES string of the molecule is Br.CCCCCCCCCCCCC(CCCCC)C(P)(CCCCC)CCCCC. The molecule has 31 heavy (non-hydrogen) atoms. The first-order chi connectivity index (χ1) is 14.6. The molecule has 0 aliphatic rings. The third-order valence-corrected chi connectivity index (χ3v) is 8.42. The molecule has 0 N–H and O–H groups in total. The zero-order valence-corrected chi connectivity index (χ0v) is 25.2. The first-order valence-electron chi connectivity index (χ1n) is 14.4. The van der Waals surface area contributed by atoms with Crippen molar-refractivity contribution >= 4 is 26.2 Å². The number of halogens is 1. The minimum atomic E-state index is 0. The van der Waals surface area contributed by atoms with Crippen LogP contribution in [-0.4, -0.2) is 5.16 Å². The third-order valence-electron chi connectivity index (χ3n) is 7.37. The third kappa shape index (κ3) is 20.0. The Hall–Kier alpha value is 0.910. The summed E-state index contributed by atoms with van der Waals surface area (Å²) < 4.78 is 0. The van der Waals surface area contributed by atoms with E-state index in [-0.39, 0.29) is 17.0 Å². The van der Waals surface area contributed by atoms with Gasteiger partial charge in [0.2, 0.25) is 0 Å². The average Bonchev–Trinajstić information content (AvgIpc) is 2.74. The van der Waals surface area contributed by atoms with Crippen molar-refractivity contribution in [3.8, 4) is 0 Å². The molecule has 0 heterocycles. The second kappa shape index (κ2) is 25.5. The fourth-order valence-corrected chi connectivity index (χ4v) is 5.92. The van der Waals surface area contributed by atoms with Crippen LogP contribution in [-0.2, 0) is 0 Å². The van der Waals surface area contributed by atoms with Gasteiger partial charge in [-0.2, -0.15) is 0 Å². The maximum Gasteiger partial charge on any atom is -0.0122 e. The van der Waals surface area contributed by atoms with Gasteiger partial charge in [-0.1, -0.05) is 150 Å². The van der Waals surface area contributed by atoms with Crippen LogP contribution in [0.3, 0.4) is 0 Å². The van der Waals surface area contributed by atoms with Gasteiger partial charge in [0.1, 0.15) is 0 Å². The van der Waals surface area contributed by atoms with Crippen LogP contribution in [0.2, 0.25) is 0 Å². The highest BCUT2D eigenvalue weighted by Gasteiger charge is 2.32. The summed E-state index contributed by atoms with van der Waals surface area (Å²) in [6.07, 6.45) is 33.1. The van der Waals surface area contributed by atoms with Gasteiger partial charge in [-0.25, -0.2) is 0 Å². The minimum absolute atomic E-state index is 0. The maximum absolute atomic E-state index is 3.44. The number of rotatable bonds is 24. The Morgan fingerprint density at radius 3 is 1.16 bits per heavy atom. The van der Waals surface area contributed by atoms with Crippen LogP contribution < -0.4 is 0 Å². The topological polar surface area (TPSA) is 0 Å². The summed E-state index contributed by atoms with van der Waals surface area (Å²) in [5.74, 6) is 0.941. The minimum Gasteiger partial charge on any atom is -0.131 e. The van der Waals surface area contributed by atoms with Crippen LogP contribution in [0.15, 0.2) is 0 Å². The molecule has 0 nitrogen and oxygen atoms in total. The van der Waals surface area contributed by atoms with E-state index in [0.717, 1.165) is 5.92 Å². The first-order valence-corrected chi connectivity index (χ1v) is 15.0. The Labute approximate surface area is 212 Å². The van der Waals surface area contributed by atoms with Crippen molar-refractivity contribution in [1.82, 2.24) is 0 Å². The highest BCUT2D eigenvalue weighted by molar-refractivity contribution is 8.93. The normalized spacial score (nSPS) is 12.7. The van der Waals surface area contributed by atoms with E-state index in [1.54, 1.807) is 0 Å². The van der Waals surface area contributed by atoms with E-state index in [2.05, 4.69) is 36.9 Å². The Morgan fingerprint density at radius 2 is 0.742 bits per heavy atom. The quantitative estimate of drug-likeness (QED) is 0.0875. The van der Waals surface area contributed by atoms with Gasteiger partial charge in [-0.3, -0.25) is 0 Å². The van der Waals surface area contributed by atoms with Crippen molar-refractivity contribution in [3.63, 3.8) is 0 Å². The van der Waals surface area contributed by atoms with Crippen molar-refractivity contribution in [1.29, 1.82) is 0 Å². The van der Waals surface area contributed by atoms with Gasteiger partial charge in [-0.05, 0) is 36.8 Å². The standard InChI is InChI=1S/C29H61P.BrH/c1-5-9-13-14-15-16-17-18-19-21-25-28(24-20-10-6-2)29(30,26-22-11-7-3)27-23-12-8-4;/h28H,5-27,30H2,1-4H3;1H. The summed E-state index contributed by atoms with van der Waals surface area (Å²) in [6.45, 7) is 9.37. The van der Waals surface area contributed by atoms with Crippen molar-refractivity contribution < 1.29 is 0 Å². The lowest BCUT2D eigenvalue weighted by Gasteiger charge is -2.39. The van der Waals surface area contributed by atoms with Crippen molar-refractivity contribution in [2.45, 2.75) is 181 Å². The molecule has 0 radical (unpaired) electrons. The van der Waals surface area contributed by atoms with E-state index < -0.39 is 0 Å². The molecule has 190 valence electrons. The second-order valence-corrected chi connectivity index (χ2v) is 11.5. The Bertz CT molecular complexity index is 321. The van der Waals surface area contributed by atoms with Crippen LogP contribution in [0.5, 0.6) is 0 Å². The summed E-state index contributed by atoms with van der Waals surface area (Å²) in [4.78, 5) is 0. The number of unbranched alkanes of at least 4 members (excludes halogenated alkanes) is 15. The van der Waals surface area contributed by atoms with E-state index in [1.165, 1.54) is 148 Å². The summed E-state index contributed by atoms with van der Waals surface area (Å²) >= 11 is 0. The predicted octanol–water partition coefficient (Wildman–Crippen LogP) is 11.8. The molecular weight excluding hydrogens is 459 g/mol. The number of hydrogen-bond donors (Lipinski definition) is 0. The van der Waals surface area contributed by atoms with Gasteiger partial charge in [-0.15, -0.1) is 26.2 Å². The molecule has 0 saturated heterocycles. The smallest absolute Gasteiger partial charge is 0.0122 e. The molecule has 0 aromatic heterocycles. The molecule has 0 bridgehead atoms. The Balaban J connectivity index is 0. The van der Waals surface area contributed by atoms with Gasteiger partial charge in [0.25, 0.3) is 0 Å². The van der Waals surface area contributed by atoms with Crippen LogP contribution in [0.4, 0.5) is 0 Å². The van der Waals surface area contributed by atoms with Crippen molar-refractivity contribution in [3.05, 3.63) is 0 Å². The second-order valence-electron chi connectivity index (χ2n) is 10.3. The van der Waals surface area contributed by atoms with Gasteiger partial charge in [0, 0.05) is 0 Å². The van der Waals surface area contributed by atoms with E-state index in [0.29, 0.717) is 5.16 Å². The van der Waals surface area contributed by atoms with Gasteiger partial charge in [0.05, 0.1) is 0 Å². The highest BCUT2D eigenvalue weighted by Crippen LogP contribution is 2.43. The average molecular weight is 522 g/mol. The van der Waals surface area contributed by atoms with Crippen LogP contribution in [0.25, 0.3) is 0 Å². The van der Waals surface area contributed by atoms with Crippen molar-refractivity contribution in [2.75, 3.05) is 0 Å².